The number of carbonyl (C=O) groups excluding carboxylic acids is 1. The van der Waals surface area contributed by atoms with Crippen LogP contribution in [0.2, 0.25) is 0 Å². The summed E-state index contributed by atoms with van der Waals surface area (Å²) in [6.45, 7) is 2.39. The molecule has 0 aliphatic carbocycles. The van der Waals surface area contributed by atoms with Gasteiger partial charge < -0.3 is 10.2 Å². The first kappa shape index (κ1) is 20.7. The van der Waals surface area contributed by atoms with Gasteiger partial charge in [-0.15, -0.1) is 12.4 Å². The first-order chi connectivity index (χ1) is 13.0. The molecule has 1 amide bonds. The van der Waals surface area contributed by atoms with E-state index in [1.807, 2.05) is 6.92 Å². The minimum atomic E-state index is -0.509. The highest BCUT2D eigenvalue weighted by Gasteiger charge is 2.39. The number of nitrogens with zero attached hydrogens (tertiary/aromatic N) is 3. The van der Waals surface area contributed by atoms with Gasteiger partial charge in [-0.05, 0) is 51.3 Å². The first-order valence-electron chi connectivity index (χ1n) is 9.71. The van der Waals surface area contributed by atoms with E-state index < -0.39 is 17.2 Å². The van der Waals surface area contributed by atoms with Crippen molar-refractivity contribution >= 4 is 29.2 Å². The number of piperidine rings is 1. The molecule has 0 unspecified atom stereocenters. The summed E-state index contributed by atoms with van der Waals surface area (Å²) in [5, 5.41) is 7.44. The van der Waals surface area contributed by atoms with E-state index in [9.17, 15) is 14.0 Å². The molecule has 1 aromatic carbocycles. The first-order valence-corrected chi connectivity index (χ1v) is 9.71. The molecular weight excluding hydrogens is 383 g/mol. The zero-order valence-electron chi connectivity index (χ0n) is 16.2. The Hall–Kier alpha value is -1.99. The van der Waals surface area contributed by atoms with Crippen molar-refractivity contribution in [2.24, 2.45) is 0 Å². The number of para-hydroxylation sites is 1. The summed E-state index contributed by atoms with van der Waals surface area (Å²) < 4.78 is 15.7. The van der Waals surface area contributed by atoms with Crippen molar-refractivity contribution in [3.8, 4) is 0 Å². The van der Waals surface area contributed by atoms with Gasteiger partial charge in [-0.2, -0.15) is 5.10 Å². The van der Waals surface area contributed by atoms with Crippen molar-refractivity contribution in [3.63, 3.8) is 0 Å². The van der Waals surface area contributed by atoms with Crippen LogP contribution in [0.1, 0.15) is 49.5 Å². The Labute approximate surface area is 169 Å². The minimum Gasteiger partial charge on any atom is -0.348 e. The molecular formula is C20H26ClFN4O2. The molecule has 2 aromatic rings. The monoisotopic (exact) mass is 408 g/mol. The number of hydrogen-bond acceptors (Lipinski definition) is 4. The van der Waals surface area contributed by atoms with Crippen molar-refractivity contribution in [2.75, 3.05) is 7.05 Å². The predicted molar refractivity (Wildman–Crippen MR) is 109 cm³/mol. The van der Waals surface area contributed by atoms with Crippen LogP contribution in [0.4, 0.5) is 4.39 Å². The van der Waals surface area contributed by atoms with Crippen LogP contribution in [0.3, 0.4) is 0 Å². The van der Waals surface area contributed by atoms with Crippen molar-refractivity contribution in [3.05, 3.63) is 39.9 Å². The van der Waals surface area contributed by atoms with E-state index in [1.165, 1.54) is 16.8 Å². The average molecular weight is 409 g/mol. The topological polar surface area (TPSA) is 67.2 Å². The van der Waals surface area contributed by atoms with Crippen LogP contribution in [0.15, 0.2) is 23.0 Å². The molecule has 6 nitrogen and oxygen atoms in total. The number of benzene rings is 1. The summed E-state index contributed by atoms with van der Waals surface area (Å²) >= 11 is 0. The second kappa shape index (κ2) is 8.17. The highest BCUT2D eigenvalue weighted by Crippen LogP contribution is 2.34. The SMILES string of the molecule is CCCn1nc(C(=O)N[C@H]2C[C@H]3CC[C@@H](C2)N3C)c(=O)c2cccc(F)c21.Cl. The Balaban J connectivity index is 0.00000225. The Morgan fingerprint density at radius 2 is 1.96 bits per heavy atom. The van der Waals surface area contributed by atoms with Gasteiger partial charge in [0.2, 0.25) is 5.43 Å². The van der Waals surface area contributed by atoms with Gasteiger partial charge in [-0.3, -0.25) is 14.3 Å². The fourth-order valence-corrected chi connectivity index (χ4v) is 4.61. The third-order valence-electron chi connectivity index (χ3n) is 6.01. The lowest BCUT2D eigenvalue weighted by Gasteiger charge is -2.36. The van der Waals surface area contributed by atoms with Gasteiger partial charge in [-0.25, -0.2) is 4.39 Å². The molecule has 2 saturated heterocycles. The summed E-state index contributed by atoms with van der Waals surface area (Å²) in [4.78, 5) is 28.0. The molecule has 2 fully saturated rings. The minimum absolute atomic E-state index is 0. The highest BCUT2D eigenvalue weighted by molar-refractivity contribution is 5.95. The molecule has 28 heavy (non-hydrogen) atoms. The Kier molecular flexibility index (Phi) is 6.05. The fourth-order valence-electron chi connectivity index (χ4n) is 4.61. The van der Waals surface area contributed by atoms with Crippen LogP contribution >= 0.6 is 12.4 Å². The van der Waals surface area contributed by atoms with Gasteiger partial charge in [0.25, 0.3) is 5.91 Å². The molecule has 1 aromatic heterocycles. The molecule has 3 heterocycles. The molecule has 1 N–H and O–H groups in total. The van der Waals surface area contributed by atoms with Gasteiger partial charge in [0, 0.05) is 24.7 Å². The van der Waals surface area contributed by atoms with Crippen LogP contribution in [0.25, 0.3) is 10.9 Å². The number of rotatable bonds is 4. The van der Waals surface area contributed by atoms with Crippen molar-refractivity contribution in [1.82, 2.24) is 20.0 Å². The van der Waals surface area contributed by atoms with E-state index in [0.717, 1.165) is 32.1 Å². The molecule has 4 rings (SSSR count). The van der Waals surface area contributed by atoms with E-state index in [4.69, 9.17) is 0 Å². The average Bonchev–Trinajstić information content (AvgIpc) is 2.85. The largest absolute Gasteiger partial charge is 0.348 e. The molecule has 152 valence electrons. The summed E-state index contributed by atoms with van der Waals surface area (Å²) in [5.74, 6) is -0.950. The van der Waals surface area contributed by atoms with E-state index in [2.05, 4.69) is 22.4 Å². The van der Waals surface area contributed by atoms with Crippen molar-refractivity contribution < 1.29 is 9.18 Å². The standard InChI is InChI=1S/C20H25FN4O2.ClH/c1-3-9-25-18-15(5-4-6-16(18)21)19(26)17(23-25)20(27)22-12-10-13-7-8-14(11-12)24(13)2;/h4-6,12-14H,3,7-11H2,1-2H3,(H,22,27);1H/t12-,13+,14-;. The summed E-state index contributed by atoms with van der Waals surface area (Å²) in [6, 6.07) is 5.39. The summed E-state index contributed by atoms with van der Waals surface area (Å²) in [5.41, 5.74) is -0.490. The maximum atomic E-state index is 14.3. The number of halogens is 2. The smallest absolute Gasteiger partial charge is 0.276 e. The maximum Gasteiger partial charge on any atom is 0.276 e. The summed E-state index contributed by atoms with van der Waals surface area (Å²) in [6.07, 6.45) is 4.82. The number of hydrogen-bond donors (Lipinski definition) is 1. The third-order valence-corrected chi connectivity index (χ3v) is 6.01. The second-order valence-electron chi connectivity index (χ2n) is 7.73. The zero-order chi connectivity index (χ0) is 19.1. The maximum absolute atomic E-state index is 14.3. The lowest BCUT2D eigenvalue weighted by molar-refractivity contribution is 0.0874. The fraction of sp³-hybridized carbons (Fsp3) is 0.550. The van der Waals surface area contributed by atoms with E-state index in [1.54, 1.807) is 6.07 Å². The third kappa shape index (κ3) is 3.53. The zero-order valence-corrected chi connectivity index (χ0v) is 17.0. The normalized spacial score (nSPS) is 24.2. The number of carbonyl (C=O) groups is 1. The Morgan fingerprint density at radius 3 is 2.61 bits per heavy atom. The van der Waals surface area contributed by atoms with Crippen molar-refractivity contribution in [1.29, 1.82) is 0 Å². The van der Waals surface area contributed by atoms with Gasteiger partial charge >= 0.3 is 0 Å². The van der Waals surface area contributed by atoms with Crippen LogP contribution < -0.4 is 10.7 Å². The van der Waals surface area contributed by atoms with Crippen LogP contribution in [-0.4, -0.2) is 45.8 Å². The Morgan fingerprint density at radius 1 is 1.29 bits per heavy atom. The molecule has 0 spiro atoms. The molecule has 2 bridgehead atoms. The van der Waals surface area contributed by atoms with E-state index in [0.29, 0.717) is 18.6 Å². The van der Waals surface area contributed by atoms with Gasteiger partial charge in [0.05, 0.1) is 5.39 Å². The Bertz CT molecular complexity index is 934. The lowest BCUT2D eigenvalue weighted by atomic mass is 9.98. The number of aryl methyl sites for hydroxylation is 1. The molecule has 0 radical (unpaired) electrons. The highest BCUT2D eigenvalue weighted by atomic mass is 35.5. The van der Waals surface area contributed by atoms with E-state index in [-0.39, 0.29) is 35.0 Å². The van der Waals surface area contributed by atoms with Crippen LogP contribution in [0.5, 0.6) is 0 Å². The molecule has 8 heteroatoms. The quantitative estimate of drug-likeness (QED) is 0.844. The van der Waals surface area contributed by atoms with E-state index >= 15 is 0 Å². The van der Waals surface area contributed by atoms with Gasteiger partial charge in [-0.1, -0.05) is 13.0 Å². The lowest BCUT2D eigenvalue weighted by Crippen LogP contribution is -2.49. The number of nitrogens with one attached hydrogen (secondary N) is 1. The summed E-state index contributed by atoms with van der Waals surface area (Å²) in [7, 11) is 2.14. The molecule has 2 aliphatic heterocycles. The number of amides is 1. The number of fused-ring (bicyclic) bond motifs is 3. The number of aromatic nitrogens is 2. The van der Waals surface area contributed by atoms with Crippen LogP contribution in [-0.2, 0) is 6.54 Å². The predicted octanol–water partition coefficient (Wildman–Crippen LogP) is 2.72. The molecule has 3 atom stereocenters. The molecule has 0 saturated carbocycles. The molecule has 2 aliphatic rings. The van der Waals surface area contributed by atoms with Gasteiger partial charge in [0.15, 0.2) is 5.69 Å². The van der Waals surface area contributed by atoms with Crippen molar-refractivity contribution in [2.45, 2.75) is 63.7 Å². The van der Waals surface area contributed by atoms with Crippen LogP contribution in [0, 0.1) is 5.82 Å². The van der Waals surface area contributed by atoms with Gasteiger partial charge in [0.1, 0.15) is 11.3 Å². The second-order valence-corrected chi connectivity index (χ2v) is 7.73.